The number of rotatable bonds is 3. The Morgan fingerprint density at radius 2 is 1.68 bits per heavy atom. The molecule has 2 fully saturated rings. The number of nitrogens with zero attached hydrogens (tertiary/aromatic N) is 2. The number of urea groups is 2. The summed E-state index contributed by atoms with van der Waals surface area (Å²) in [7, 11) is 6.63. The average Bonchev–Trinajstić information content (AvgIpc) is 2.61. The predicted octanol–water partition coefficient (Wildman–Crippen LogP) is 1.39. The van der Waals surface area contributed by atoms with Gasteiger partial charge in [0.2, 0.25) is 0 Å². The van der Waals surface area contributed by atoms with Gasteiger partial charge in [0.1, 0.15) is 17.7 Å². The maximum absolute atomic E-state index is 12.5. The Labute approximate surface area is 147 Å². The van der Waals surface area contributed by atoms with E-state index < -0.39 is 0 Å². The smallest absolute Gasteiger partial charge is 0.319 e. The molecule has 8 nitrogen and oxygen atoms in total. The van der Waals surface area contributed by atoms with E-state index >= 15 is 0 Å². The Balaban J connectivity index is 2.09. The van der Waals surface area contributed by atoms with Crippen LogP contribution >= 0.6 is 0 Å². The monoisotopic (exact) mass is 348 g/mol. The third-order valence-electron chi connectivity index (χ3n) is 5.16. The molecule has 0 bridgehead atoms. The largest absolute Gasteiger partial charge is 0.497 e. The molecule has 8 heteroatoms. The first-order valence-electron chi connectivity index (χ1n) is 8.17. The van der Waals surface area contributed by atoms with E-state index in [1.165, 1.54) is 0 Å². The van der Waals surface area contributed by atoms with Crippen molar-refractivity contribution < 1.29 is 19.1 Å². The van der Waals surface area contributed by atoms with Gasteiger partial charge in [-0.25, -0.2) is 9.59 Å². The standard InChI is InChI=1S/C17H24N4O4/c1-9-13-14(11-7-6-10(24-4)8-12(11)25-5)20(2)17(23)19-15(13)21(3)16(22)18-9/h6-9,13-15H,1-5H3,(H,18,22)(H,19,23)/t9-,13-,14+,15-/m1/s1. The lowest BCUT2D eigenvalue weighted by atomic mass is 9.81. The molecule has 0 radical (unpaired) electrons. The van der Waals surface area contributed by atoms with Crippen molar-refractivity contribution in [3.05, 3.63) is 23.8 Å². The molecule has 0 unspecified atom stereocenters. The van der Waals surface area contributed by atoms with Crippen molar-refractivity contribution in [3.63, 3.8) is 0 Å². The lowest BCUT2D eigenvalue weighted by Crippen LogP contribution is -2.71. The van der Waals surface area contributed by atoms with Crippen molar-refractivity contribution in [2.45, 2.75) is 25.2 Å². The normalized spacial score (nSPS) is 28.8. The molecule has 2 heterocycles. The highest BCUT2D eigenvalue weighted by Gasteiger charge is 2.50. The second kappa shape index (κ2) is 6.34. The summed E-state index contributed by atoms with van der Waals surface area (Å²) in [5.41, 5.74) is 0.882. The van der Waals surface area contributed by atoms with Crippen molar-refractivity contribution in [1.82, 2.24) is 20.4 Å². The number of carbonyl (C=O) groups excluding carboxylic acids is 2. The van der Waals surface area contributed by atoms with Crippen molar-refractivity contribution in [3.8, 4) is 11.5 Å². The zero-order valence-electron chi connectivity index (χ0n) is 15.1. The molecule has 1 aromatic rings. The fraction of sp³-hybridized carbons (Fsp3) is 0.529. The van der Waals surface area contributed by atoms with Crippen LogP contribution in [0.15, 0.2) is 18.2 Å². The molecule has 1 aromatic carbocycles. The highest BCUT2D eigenvalue weighted by molar-refractivity contribution is 5.80. The summed E-state index contributed by atoms with van der Waals surface area (Å²) in [6.07, 6.45) is -0.385. The quantitative estimate of drug-likeness (QED) is 0.865. The van der Waals surface area contributed by atoms with Gasteiger partial charge in [-0.2, -0.15) is 0 Å². The maximum atomic E-state index is 12.5. The molecule has 3 rings (SSSR count). The topological polar surface area (TPSA) is 83.1 Å². The minimum Gasteiger partial charge on any atom is -0.497 e. The molecular weight excluding hydrogens is 324 g/mol. The highest BCUT2D eigenvalue weighted by Crippen LogP contribution is 2.42. The van der Waals surface area contributed by atoms with Gasteiger partial charge in [-0.15, -0.1) is 0 Å². The first kappa shape index (κ1) is 17.2. The van der Waals surface area contributed by atoms with Gasteiger partial charge in [-0.1, -0.05) is 0 Å². The van der Waals surface area contributed by atoms with Crippen molar-refractivity contribution in [2.24, 2.45) is 5.92 Å². The van der Waals surface area contributed by atoms with Crippen molar-refractivity contribution >= 4 is 12.1 Å². The van der Waals surface area contributed by atoms with Crippen LogP contribution in [0.1, 0.15) is 18.5 Å². The summed E-state index contributed by atoms with van der Waals surface area (Å²) in [6, 6.07) is 4.78. The fourth-order valence-electron chi connectivity index (χ4n) is 3.78. The van der Waals surface area contributed by atoms with E-state index in [0.717, 1.165) is 5.56 Å². The summed E-state index contributed by atoms with van der Waals surface area (Å²) in [5.74, 6) is 1.28. The highest BCUT2D eigenvalue weighted by atomic mass is 16.5. The van der Waals surface area contributed by atoms with E-state index in [4.69, 9.17) is 9.47 Å². The minimum absolute atomic E-state index is 0.0484. The number of amides is 4. The van der Waals surface area contributed by atoms with Crippen LogP contribution in [-0.4, -0.2) is 62.4 Å². The van der Waals surface area contributed by atoms with Gasteiger partial charge in [0.15, 0.2) is 0 Å². The van der Waals surface area contributed by atoms with E-state index in [2.05, 4.69) is 10.6 Å². The predicted molar refractivity (Wildman–Crippen MR) is 91.6 cm³/mol. The van der Waals surface area contributed by atoms with E-state index in [1.807, 2.05) is 19.1 Å². The molecule has 0 spiro atoms. The molecule has 136 valence electrons. The molecule has 0 saturated carbocycles. The molecule has 2 N–H and O–H groups in total. The Morgan fingerprint density at radius 1 is 1.00 bits per heavy atom. The third-order valence-corrected chi connectivity index (χ3v) is 5.16. The Bertz CT molecular complexity index is 695. The molecule has 2 aliphatic rings. The number of methoxy groups -OCH3 is 2. The van der Waals surface area contributed by atoms with Gasteiger partial charge in [0, 0.05) is 37.7 Å². The molecule has 2 aliphatic heterocycles. The van der Waals surface area contributed by atoms with Crippen molar-refractivity contribution in [2.75, 3.05) is 28.3 Å². The van der Waals surface area contributed by atoms with Gasteiger partial charge in [0.25, 0.3) is 0 Å². The molecular formula is C17H24N4O4. The first-order valence-corrected chi connectivity index (χ1v) is 8.17. The number of hydrogen-bond donors (Lipinski definition) is 2. The van der Waals surface area contributed by atoms with Crippen LogP contribution in [0.5, 0.6) is 11.5 Å². The lowest BCUT2D eigenvalue weighted by molar-refractivity contribution is 0.0241. The number of carbonyl (C=O) groups is 2. The molecule has 4 atom stereocenters. The Morgan fingerprint density at radius 3 is 2.32 bits per heavy atom. The Hall–Kier alpha value is -2.64. The summed E-state index contributed by atoms with van der Waals surface area (Å²) in [5, 5.41) is 5.89. The van der Waals surface area contributed by atoms with Crippen LogP contribution in [0.3, 0.4) is 0 Å². The number of nitrogens with one attached hydrogen (secondary N) is 2. The number of ether oxygens (including phenoxy) is 2. The van der Waals surface area contributed by atoms with Crippen LogP contribution in [0.25, 0.3) is 0 Å². The second-order valence-corrected chi connectivity index (χ2v) is 6.48. The van der Waals surface area contributed by atoms with Crippen LogP contribution in [-0.2, 0) is 0 Å². The van der Waals surface area contributed by atoms with Gasteiger partial charge in [-0.3, -0.25) is 0 Å². The third kappa shape index (κ3) is 2.71. The average molecular weight is 348 g/mol. The van der Waals surface area contributed by atoms with Gasteiger partial charge >= 0.3 is 12.1 Å². The van der Waals surface area contributed by atoms with Crippen LogP contribution < -0.4 is 20.1 Å². The molecule has 2 saturated heterocycles. The fourth-order valence-corrected chi connectivity index (χ4v) is 3.78. The van der Waals surface area contributed by atoms with Crippen LogP contribution in [0.2, 0.25) is 0 Å². The van der Waals surface area contributed by atoms with Crippen LogP contribution in [0, 0.1) is 5.92 Å². The second-order valence-electron chi connectivity index (χ2n) is 6.48. The summed E-state index contributed by atoms with van der Waals surface area (Å²) >= 11 is 0. The zero-order valence-corrected chi connectivity index (χ0v) is 15.1. The first-order chi connectivity index (χ1) is 11.9. The number of fused-ring (bicyclic) bond motifs is 1. The van der Waals surface area contributed by atoms with Crippen LogP contribution in [0.4, 0.5) is 9.59 Å². The Kier molecular flexibility index (Phi) is 4.36. The summed E-state index contributed by atoms with van der Waals surface area (Å²) < 4.78 is 10.8. The maximum Gasteiger partial charge on any atom is 0.319 e. The molecule has 0 aliphatic carbocycles. The van der Waals surface area contributed by atoms with E-state index in [-0.39, 0.29) is 36.2 Å². The molecule has 0 aromatic heterocycles. The lowest BCUT2D eigenvalue weighted by Gasteiger charge is -2.52. The number of benzene rings is 1. The van der Waals surface area contributed by atoms with E-state index in [0.29, 0.717) is 11.5 Å². The van der Waals surface area contributed by atoms with Gasteiger partial charge in [-0.05, 0) is 19.1 Å². The van der Waals surface area contributed by atoms with E-state index in [1.54, 1.807) is 44.2 Å². The SMILES string of the molecule is COc1ccc([C@H]2[C@H]3[C@@H](C)NC(=O)N(C)[C@H]3NC(=O)N2C)c(OC)c1. The summed E-state index contributed by atoms with van der Waals surface area (Å²) in [4.78, 5) is 27.8. The summed E-state index contributed by atoms with van der Waals surface area (Å²) in [6.45, 7) is 1.96. The zero-order chi connectivity index (χ0) is 18.3. The minimum atomic E-state index is -0.385. The van der Waals surface area contributed by atoms with E-state index in [9.17, 15) is 9.59 Å². The molecule has 4 amide bonds. The number of hydrogen-bond acceptors (Lipinski definition) is 4. The van der Waals surface area contributed by atoms with Crippen molar-refractivity contribution in [1.29, 1.82) is 0 Å². The van der Waals surface area contributed by atoms with Gasteiger partial charge in [0.05, 0.1) is 20.3 Å². The molecule has 25 heavy (non-hydrogen) atoms. The van der Waals surface area contributed by atoms with Gasteiger partial charge < -0.3 is 29.9 Å².